The fourth-order valence-electron chi connectivity index (χ4n) is 2.51. The summed E-state index contributed by atoms with van der Waals surface area (Å²) >= 11 is 0. The van der Waals surface area contributed by atoms with Crippen LogP contribution in [-0.4, -0.2) is 34.7 Å². The first-order valence-corrected chi connectivity index (χ1v) is 7.36. The van der Waals surface area contributed by atoms with Crippen LogP contribution >= 0.6 is 0 Å². The Labute approximate surface area is 143 Å². The van der Waals surface area contributed by atoms with Gasteiger partial charge in [-0.1, -0.05) is 0 Å². The van der Waals surface area contributed by atoms with Gasteiger partial charge in [-0.2, -0.15) is 14.5 Å². The lowest BCUT2D eigenvalue weighted by Gasteiger charge is -2.07. The molecule has 0 aliphatic rings. The molecule has 0 amide bonds. The number of hydrogen-bond donors (Lipinski definition) is 1. The van der Waals surface area contributed by atoms with E-state index in [1.807, 2.05) is 0 Å². The summed E-state index contributed by atoms with van der Waals surface area (Å²) < 4.78 is 41.4. The SMILES string of the molecule is Oc1nc(-c2cn3ncnc3c(Cc3cc(F)cc(F)c3)n2)ncc1F. The van der Waals surface area contributed by atoms with Crippen LogP contribution in [-0.2, 0) is 6.42 Å². The van der Waals surface area contributed by atoms with Crippen molar-refractivity contribution < 1.29 is 18.3 Å². The van der Waals surface area contributed by atoms with E-state index in [1.54, 1.807) is 0 Å². The highest BCUT2D eigenvalue weighted by Gasteiger charge is 2.15. The molecule has 0 spiro atoms. The first kappa shape index (κ1) is 15.9. The Kier molecular flexibility index (Phi) is 3.72. The molecule has 0 fully saturated rings. The number of rotatable bonds is 3. The molecule has 4 aromatic rings. The maximum atomic E-state index is 13.4. The molecule has 7 nitrogen and oxygen atoms in total. The van der Waals surface area contributed by atoms with Crippen molar-refractivity contribution in [2.75, 3.05) is 0 Å². The zero-order chi connectivity index (χ0) is 18.3. The Hall–Kier alpha value is -3.56. The third-order valence-corrected chi connectivity index (χ3v) is 3.58. The molecule has 0 radical (unpaired) electrons. The van der Waals surface area contributed by atoms with E-state index < -0.39 is 23.3 Å². The number of hydrogen-bond acceptors (Lipinski definition) is 6. The van der Waals surface area contributed by atoms with E-state index in [0.717, 1.165) is 12.3 Å². The second-order valence-corrected chi connectivity index (χ2v) is 5.42. The molecule has 0 aliphatic heterocycles. The number of aromatic nitrogens is 6. The van der Waals surface area contributed by atoms with Gasteiger partial charge >= 0.3 is 0 Å². The summed E-state index contributed by atoms with van der Waals surface area (Å²) in [6, 6.07) is 3.14. The zero-order valence-electron chi connectivity index (χ0n) is 12.9. The monoisotopic (exact) mass is 358 g/mol. The van der Waals surface area contributed by atoms with Crippen molar-refractivity contribution >= 4 is 5.65 Å². The van der Waals surface area contributed by atoms with Crippen molar-refractivity contribution in [1.82, 2.24) is 29.5 Å². The van der Waals surface area contributed by atoms with Crippen molar-refractivity contribution in [3.8, 4) is 17.4 Å². The van der Waals surface area contributed by atoms with Gasteiger partial charge in [0.1, 0.15) is 23.7 Å². The summed E-state index contributed by atoms with van der Waals surface area (Å²) in [6.07, 6.45) is 3.62. The molecule has 10 heteroatoms. The zero-order valence-corrected chi connectivity index (χ0v) is 12.9. The molecule has 26 heavy (non-hydrogen) atoms. The average Bonchev–Trinajstić information content (AvgIpc) is 3.05. The van der Waals surface area contributed by atoms with Gasteiger partial charge in [0.25, 0.3) is 5.88 Å². The highest BCUT2D eigenvalue weighted by Crippen LogP contribution is 2.21. The summed E-state index contributed by atoms with van der Waals surface area (Å²) in [5.74, 6) is -3.23. The summed E-state index contributed by atoms with van der Waals surface area (Å²) in [4.78, 5) is 15.8. The van der Waals surface area contributed by atoms with Crippen LogP contribution in [0.2, 0.25) is 0 Å². The fourth-order valence-corrected chi connectivity index (χ4v) is 2.51. The van der Waals surface area contributed by atoms with Crippen molar-refractivity contribution in [1.29, 1.82) is 0 Å². The van der Waals surface area contributed by atoms with Crippen LogP contribution in [0.25, 0.3) is 17.2 Å². The van der Waals surface area contributed by atoms with Crippen LogP contribution in [0.3, 0.4) is 0 Å². The molecule has 0 saturated heterocycles. The quantitative estimate of drug-likeness (QED) is 0.604. The molecule has 0 atom stereocenters. The highest BCUT2D eigenvalue weighted by atomic mass is 19.1. The van der Waals surface area contributed by atoms with Gasteiger partial charge in [-0.15, -0.1) is 0 Å². The van der Waals surface area contributed by atoms with Crippen molar-refractivity contribution in [3.63, 3.8) is 0 Å². The highest BCUT2D eigenvalue weighted by molar-refractivity contribution is 5.55. The van der Waals surface area contributed by atoms with Crippen LogP contribution in [0.1, 0.15) is 11.3 Å². The van der Waals surface area contributed by atoms with E-state index in [0.29, 0.717) is 16.9 Å². The van der Waals surface area contributed by atoms with Crippen LogP contribution in [0, 0.1) is 17.5 Å². The molecular formula is C16H9F3N6O. The summed E-state index contributed by atoms with van der Waals surface area (Å²) in [7, 11) is 0. The average molecular weight is 358 g/mol. The van der Waals surface area contributed by atoms with Gasteiger partial charge in [-0.05, 0) is 17.7 Å². The Bertz CT molecular complexity index is 1110. The van der Waals surface area contributed by atoms with Gasteiger partial charge in [0.15, 0.2) is 11.5 Å². The minimum absolute atomic E-state index is 0.0343. The fraction of sp³-hybridized carbons (Fsp3) is 0.0625. The van der Waals surface area contributed by atoms with Gasteiger partial charge in [0.05, 0.1) is 18.1 Å². The summed E-state index contributed by atoms with van der Waals surface area (Å²) in [5.41, 5.74) is 1.27. The van der Waals surface area contributed by atoms with Crippen LogP contribution < -0.4 is 0 Å². The second-order valence-electron chi connectivity index (χ2n) is 5.42. The van der Waals surface area contributed by atoms with Crippen LogP contribution in [0.4, 0.5) is 13.2 Å². The van der Waals surface area contributed by atoms with E-state index in [1.165, 1.54) is 29.2 Å². The first-order chi connectivity index (χ1) is 12.5. The largest absolute Gasteiger partial charge is 0.491 e. The Morgan fingerprint density at radius 2 is 1.77 bits per heavy atom. The molecule has 1 aromatic carbocycles. The maximum Gasteiger partial charge on any atom is 0.251 e. The lowest BCUT2D eigenvalue weighted by atomic mass is 10.1. The second kappa shape index (κ2) is 6.06. The molecule has 1 N–H and O–H groups in total. The predicted octanol–water partition coefficient (Wildman–Crippen LogP) is 2.29. The molecule has 3 heterocycles. The minimum Gasteiger partial charge on any atom is -0.491 e. The molecule has 0 saturated carbocycles. The third kappa shape index (κ3) is 2.92. The van der Waals surface area contributed by atoms with Gasteiger partial charge < -0.3 is 5.11 Å². The topological polar surface area (TPSA) is 89.1 Å². The van der Waals surface area contributed by atoms with Gasteiger partial charge in [-0.3, -0.25) is 0 Å². The van der Waals surface area contributed by atoms with Gasteiger partial charge in [-0.25, -0.2) is 28.2 Å². The van der Waals surface area contributed by atoms with Gasteiger partial charge in [0.2, 0.25) is 5.82 Å². The lowest BCUT2D eigenvalue weighted by Crippen LogP contribution is -2.04. The van der Waals surface area contributed by atoms with E-state index in [-0.39, 0.29) is 17.9 Å². The molecule has 0 aliphatic carbocycles. The van der Waals surface area contributed by atoms with E-state index in [2.05, 4.69) is 25.0 Å². The molecule has 4 rings (SSSR count). The van der Waals surface area contributed by atoms with Crippen LogP contribution in [0.5, 0.6) is 5.88 Å². The number of nitrogens with zero attached hydrogens (tertiary/aromatic N) is 6. The summed E-state index contributed by atoms with van der Waals surface area (Å²) in [5, 5.41) is 13.4. The number of aromatic hydroxyl groups is 1. The van der Waals surface area contributed by atoms with Crippen LogP contribution in [0.15, 0.2) is 36.9 Å². The standard InChI is InChI=1S/C16H9F3N6O/c17-9-1-8(2-10(18)4-9)3-12-15-21-7-22-25(15)6-13(23-12)14-20-5-11(19)16(26)24-14/h1-2,4-7H,3H2,(H,20,24,26). The Morgan fingerprint density at radius 3 is 2.50 bits per heavy atom. The third-order valence-electron chi connectivity index (χ3n) is 3.58. The van der Waals surface area contributed by atoms with Crippen molar-refractivity contribution in [2.24, 2.45) is 0 Å². The van der Waals surface area contributed by atoms with E-state index in [9.17, 15) is 18.3 Å². The molecule has 3 aromatic heterocycles. The Morgan fingerprint density at radius 1 is 1.00 bits per heavy atom. The number of benzene rings is 1. The maximum absolute atomic E-state index is 13.4. The minimum atomic E-state index is -0.967. The van der Waals surface area contributed by atoms with Crippen molar-refractivity contribution in [2.45, 2.75) is 6.42 Å². The first-order valence-electron chi connectivity index (χ1n) is 7.36. The number of fused-ring (bicyclic) bond motifs is 1. The Balaban J connectivity index is 1.83. The van der Waals surface area contributed by atoms with E-state index in [4.69, 9.17) is 0 Å². The van der Waals surface area contributed by atoms with Gasteiger partial charge in [0, 0.05) is 12.5 Å². The predicted molar refractivity (Wildman–Crippen MR) is 82.6 cm³/mol. The van der Waals surface area contributed by atoms with Crippen molar-refractivity contribution in [3.05, 3.63) is 65.6 Å². The smallest absolute Gasteiger partial charge is 0.251 e. The summed E-state index contributed by atoms with van der Waals surface area (Å²) in [6.45, 7) is 0. The molecule has 0 unspecified atom stereocenters. The number of halogens is 3. The lowest BCUT2D eigenvalue weighted by molar-refractivity contribution is 0.409. The molecule has 130 valence electrons. The molecular weight excluding hydrogens is 349 g/mol. The molecule has 0 bridgehead atoms. The normalized spacial score (nSPS) is 11.2. The van der Waals surface area contributed by atoms with E-state index >= 15 is 0 Å².